The molecule has 0 saturated carbocycles. The third-order valence-corrected chi connectivity index (χ3v) is 3.79. The van der Waals surface area contributed by atoms with Crippen molar-refractivity contribution in [3.05, 3.63) is 16.1 Å². The van der Waals surface area contributed by atoms with Crippen LogP contribution in [0.3, 0.4) is 0 Å². The second-order valence-corrected chi connectivity index (χ2v) is 5.32. The van der Waals surface area contributed by atoms with E-state index in [0.717, 1.165) is 5.69 Å². The van der Waals surface area contributed by atoms with E-state index < -0.39 is 11.9 Å². The molecule has 8 heteroatoms. The number of imide groups is 1. The summed E-state index contributed by atoms with van der Waals surface area (Å²) in [5, 5.41) is 7.23. The maximum absolute atomic E-state index is 11.8. The first-order valence-electron chi connectivity index (χ1n) is 5.71. The highest BCUT2D eigenvalue weighted by Crippen LogP contribution is 2.12. The first-order valence-corrected chi connectivity index (χ1v) is 7.12. The van der Waals surface area contributed by atoms with E-state index in [-0.39, 0.29) is 24.7 Å². The minimum absolute atomic E-state index is 0.110. The molecule has 102 valence electrons. The van der Waals surface area contributed by atoms with Gasteiger partial charge in [0.25, 0.3) is 0 Å². The molecular weight excluding hydrogens is 290 g/mol. The molecule has 2 heterocycles. The molecule has 2 rings (SSSR count). The highest BCUT2D eigenvalue weighted by atomic mass is 35.5. The van der Waals surface area contributed by atoms with E-state index in [4.69, 9.17) is 11.6 Å². The lowest BCUT2D eigenvalue weighted by atomic mass is 10.1. The predicted octanol–water partition coefficient (Wildman–Crippen LogP) is 0.346. The summed E-state index contributed by atoms with van der Waals surface area (Å²) in [4.78, 5) is 38.4. The normalized spacial score (nSPS) is 19.1. The fourth-order valence-electron chi connectivity index (χ4n) is 1.71. The van der Waals surface area contributed by atoms with Crippen LogP contribution in [0.4, 0.5) is 0 Å². The van der Waals surface area contributed by atoms with E-state index in [9.17, 15) is 14.4 Å². The van der Waals surface area contributed by atoms with Crippen LogP contribution in [0.1, 0.15) is 23.5 Å². The number of nitrogens with one attached hydrogen (secondary N) is 2. The fourth-order valence-corrected chi connectivity index (χ4v) is 2.73. The average molecular weight is 302 g/mol. The molecule has 1 aliphatic heterocycles. The lowest BCUT2D eigenvalue weighted by Crippen LogP contribution is -2.52. The number of carbonyl (C=O) groups is 3. The molecule has 1 unspecified atom stereocenters. The Hall–Kier alpha value is -1.47. The lowest BCUT2D eigenvalue weighted by molar-refractivity contribution is -0.137. The molecule has 1 aromatic heterocycles. The Morgan fingerprint density at radius 2 is 2.37 bits per heavy atom. The molecule has 1 atom stereocenters. The van der Waals surface area contributed by atoms with Crippen LogP contribution < -0.4 is 10.6 Å². The van der Waals surface area contributed by atoms with Crippen LogP contribution in [-0.2, 0) is 26.7 Å². The second kappa shape index (κ2) is 6.12. The molecule has 0 spiro atoms. The van der Waals surface area contributed by atoms with Gasteiger partial charge in [0, 0.05) is 11.8 Å². The van der Waals surface area contributed by atoms with E-state index in [2.05, 4.69) is 15.6 Å². The van der Waals surface area contributed by atoms with Gasteiger partial charge in [0.2, 0.25) is 17.7 Å². The largest absolute Gasteiger partial charge is 0.344 e. The maximum Gasteiger partial charge on any atom is 0.249 e. The molecule has 2 N–H and O–H groups in total. The Labute approximate surface area is 118 Å². The molecule has 0 bridgehead atoms. The number of nitrogens with zero attached hydrogens (tertiary/aromatic N) is 1. The zero-order valence-electron chi connectivity index (χ0n) is 9.94. The van der Waals surface area contributed by atoms with E-state index in [1.807, 2.05) is 0 Å². The van der Waals surface area contributed by atoms with Gasteiger partial charge in [0.15, 0.2) is 0 Å². The summed E-state index contributed by atoms with van der Waals surface area (Å²) in [6, 6.07) is -0.641. The summed E-state index contributed by atoms with van der Waals surface area (Å²) < 4.78 is 0. The number of hydrogen-bond acceptors (Lipinski definition) is 5. The number of piperidine rings is 1. The standard InChI is InChI=1S/C11H12ClN3O3S/c12-4-6-5-19-10(13-6)3-9(17)14-7-1-2-8(16)15-11(7)18/h5,7H,1-4H2,(H,14,17)(H,15,16,18). The summed E-state index contributed by atoms with van der Waals surface area (Å²) in [7, 11) is 0. The quantitative estimate of drug-likeness (QED) is 0.620. The van der Waals surface area contributed by atoms with Gasteiger partial charge < -0.3 is 5.32 Å². The van der Waals surface area contributed by atoms with Gasteiger partial charge >= 0.3 is 0 Å². The third-order valence-electron chi connectivity index (χ3n) is 2.62. The van der Waals surface area contributed by atoms with Gasteiger partial charge in [-0.3, -0.25) is 19.7 Å². The number of amides is 3. The van der Waals surface area contributed by atoms with Crippen LogP contribution in [0, 0.1) is 0 Å². The van der Waals surface area contributed by atoms with Crippen molar-refractivity contribution in [1.29, 1.82) is 0 Å². The number of aromatic nitrogens is 1. The molecule has 3 amide bonds. The van der Waals surface area contributed by atoms with Crippen LogP contribution in [-0.4, -0.2) is 28.7 Å². The van der Waals surface area contributed by atoms with Crippen LogP contribution in [0.5, 0.6) is 0 Å². The SMILES string of the molecule is O=C1CCC(NC(=O)Cc2nc(CCl)cs2)C(=O)N1. The van der Waals surface area contributed by atoms with Crippen molar-refractivity contribution < 1.29 is 14.4 Å². The minimum Gasteiger partial charge on any atom is -0.344 e. The van der Waals surface area contributed by atoms with Crippen molar-refractivity contribution >= 4 is 40.7 Å². The minimum atomic E-state index is -0.641. The highest BCUT2D eigenvalue weighted by Gasteiger charge is 2.27. The molecule has 0 aliphatic carbocycles. The number of thiazole rings is 1. The van der Waals surface area contributed by atoms with E-state index in [1.165, 1.54) is 11.3 Å². The lowest BCUT2D eigenvalue weighted by Gasteiger charge is -2.21. The van der Waals surface area contributed by atoms with Crippen molar-refractivity contribution in [3.8, 4) is 0 Å². The molecule has 1 aliphatic rings. The van der Waals surface area contributed by atoms with Gasteiger partial charge in [-0.1, -0.05) is 0 Å². The Kier molecular flexibility index (Phi) is 4.49. The van der Waals surface area contributed by atoms with E-state index in [1.54, 1.807) is 5.38 Å². The first kappa shape index (κ1) is 14.0. The Balaban J connectivity index is 1.87. The highest BCUT2D eigenvalue weighted by molar-refractivity contribution is 7.09. The molecule has 1 saturated heterocycles. The van der Waals surface area contributed by atoms with Crippen LogP contribution >= 0.6 is 22.9 Å². The summed E-state index contributed by atoms with van der Waals surface area (Å²) >= 11 is 6.98. The zero-order chi connectivity index (χ0) is 13.8. The van der Waals surface area contributed by atoms with Crippen molar-refractivity contribution in [3.63, 3.8) is 0 Å². The number of rotatable bonds is 4. The van der Waals surface area contributed by atoms with Gasteiger partial charge in [-0.2, -0.15) is 0 Å². The summed E-state index contributed by atoms with van der Waals surface area (Å²) in [5.74, 6) is -0.733. The summed E-state index contributed by atoms with van der Waals surface area (Å²) in [6.45, 7) is 0. The van der Waals surface area contributed by atoms with Crippen molar-refractivity contribution in [2.75, 3.05) is 0 Å². The number of halogens is 1. The van der Waals surface area contributed by atoms with E-state index >= 15 is 0 Å². The molecule has 1 fully saturated rings. The van der Waals surface area contributed by atoms with Gasteiger partial charge in [0.05, 0.1) is 18.0 Å². The molecule has 0 aromatic carbocycles. The zero-order valence-corrected chi connectivity index (χ0v) is 11.5. The van der Waals surface area contributed by atoms with Crippen molar-refractivity contribution in [2.24, 2.45) is 0 Å². The van der Waals surface area contributed by atoms with Gasteiger partial charge in [-0.05, 0) is 6.42 Å². The molecule has 0 radical (unpaired) electrons. The number of hydrogen-bond donors (Lipinski definition) is 2. The van der Waals surface area contributed by atoms with Gasteiger partial charge in [-0.25, -0.2) is 4.98 Å². The number of carbonyl (C=O) groups excluding carboxylic acids is 3. The topological polar surface area (TPSA) is 88.2 Å². The molecule has 1 aromatic rings. The fraction of sp³-hybridized carbons (Fsp3) is 0.455. The Bertz CT molecular complexity index is 517. The van der Waals surface area contributed by atoms with Crippen molar-refractivity contribution in [2.45, 2.75) is 31.2 Å². The predicted molar refractivity (Wildman–Crippen MR) is 69.7 cm³/mol. The van der Waals surface area contributed by atoms with Crippen molar-refractivity contribution in [1.82, 2.24) is 15.6 Å². The molecule has 19 heavy (non-hydrogen) atoms. The Morgan fingerprint density at radius 3 is 3.00 bits per heavy atom. The monoisotopic (exact) mass is 301 g/mol. The van der Waals surface area contributed by atoms with Crippen LogP contribution in [0.25, 0.3) is 0 Å². The van der Waals surface area contributed by atoms with Gasteiger partial charge in [-0.15, -0.1) is 22.9 Å². The number of alkyl halides is 1. The molecule has 6 nitrogen and oxygen atoms in total. The smallest absolute Gasteiger partial charge is 0.249 e. The first-order chi connectivity index (χ1) is 9.08. The molecular formula is C11H12ClN3O3S. The second-order valence-electron chi connectivity index (χ2n) is 4.11. The van der Waals surface area contributed by atoms with Crippen LogP contribution in [0.2, 0.25) is 0 Å². The average Bonchev–Trinajstić information content (AvgIpc) is 2.80. The Morgan fingerprint density at radius 1 is 1.58 bits per heavy atom. The van der Waals surface area contributed by atoms with Gasteiger partial charge in [0.1, 0.15) is 11.0 Å². The maximum atomic E-state index is 11.8. The summed E-state index contributed by atoms with van der Waals surface area (Å²) in [5.41, 5.74) is 0.732. The van der Waals surface area contributed by atoms with Crippen LogP contribution in [0.15, 0.2) is 5.38 Å². The van der Waals surface area contributed by atoms with E-state index in [0.29, 0.717) is 17.3 Å². The third kappa shape index (κ3) is 3.74. The summed E-state index contributed by atoms with van der Waals surface area (Å²) in [6.07, 6.45) is 0.685.